The summed E-state index contributed by atoms with van der Waals surface area (Å²) in [6, 6.07) is 4.83. The lowest BCUT2D eigenvalue weighted by atomic mass is 10.2. The van der Waals surface area contributed by atoms with Crippen molar-refractivity contribution in [3.63, 3.8) is 0 Å². The lowest BCUT2D eigenvalue weighted by molar-refractivity contribution is 0.172. The van der Waals surface area contributed by atoms with Crippen molar-refractivity contribution in [2.24, 2.45) is 0 Å². The molecule has 1 aromatic heterocycles. The Bertz CT molecular complexity index is 348. The molecule has 1 unspecified atom stereocenters. The molecule has 0 aromatic carbocycles. The molecule has 0 saturated carbocycles. The Labute approximate surface area is 117 Å². The topological polar surface area (TPSA) is 31.4 Å². The van der Waals surface area contributed by atoms with Crippen molar-refractivity contribution < 1.29 is 0 Å². The summed E-state index contributed by atoms with van der Waals surface area (Å²) < 4.78 is 0. The van der Waals surface area contributed by atoms with Crippen LogP contribution >= 0.6 is 0 Å². The SMILES string of the molecule is CCN(Cc1ccc(CNC)cn1)C(C)CN(C)C. The molecule has 1 heterocycles. The van der Waals surface area contributed by atoms with Gasteiger partial charge in [0.1, 0.15) is 0 Å². The minimum absolute atomic E-state index is 0.541. The summed E-state index contributed by atoms with van der Waals surface area (Å²) in [5.41, 5.74) is 2.38. The monoisotopic (exact) mass is 264 g/mol. The fourth-order valence-electron chi connectivity index (χ4n) is 2.29. The number of nitrogens with zero attached hydrogens (tertiary/aromatic N) is 3. The molecule has 0 radical (unpaired) electrons. The molecule has 0 fully saturated rings. The van der Waals surface area contributed by atoms with Crippen LogP contribution in [0.4, 0.5) is 0 Å². The molecule has 0 aliphatic heterocycles. The minimum atomic E-state index is 0.541. The van der Waals surface area contributed by atoms with Gasteiger partial charge in [-0.2, -0.15) is 0 Å². The van der Waals surface area contributed by atoms with Crippen molar-refractivity contribution in [2.45, 2.75) is 33.0 Å². The van der Waals surface area contributed by atoms with Crippen molar-refractivity contribution >= 4 is 0 Å². The molecular formula is C15H28N4. The minimum Gasteiger partial charge on any atom is -0.316 e. The van der Waals surface area contributed by atoms with Gasteiger partial charge in [-0.05, 0) is 46.2 Å². The van der Waals surface area contributed by atoms with E-state index in [1.165, 1.54) is 5.56 Å². The Hall–Kier alpha value is -0.970. The number of rotatable bonds is 8. The second kappa shape index (κ2) is 8.25. The lowest BCUT2D eigenvalue weighted by Gasteiger charge is -2.29. The van der Waals surface area contributed by atoms with Gasteiger partial charge in [0.25, 0.3) is 0 Å². The highest BCUT2D eigenvalue weighted by molar-refractivity contribution is 5.14. The Morgan fingerprint density at radius 1 is 1.32 bits per heavy atom. The number of aromatic nitrogens is 1. The van der Waals surface area contributed by atoms with Crippen LogP contribution in [0.25, 0.3) is 0 Å². The predicted octanol–water partition coefficient (Wildman–Crippen LogP) is 1.57. The molecule has 0 amide bonds. The van der Waals surface area contributed by atoms with Crippen LogP contribution in [-0.2, 0) is 13.1 Å². The van der Waals surface area contributed by atoms with Crippen LogP contribution in [0.15, 0.2) is 18.3 Å². The maximum Gasteiger partial charge on any atom is 0.0544 e. The van der Waals surface area contributed by atoms with E-state index in [1.54, 1.807) is 0 Å². The summed E-state index contributed by atoms with van der Waals surface area (Å²) in [7, 11) is 6.19. The second-order valence-corrected chi connectivity index (χ2v) is 5.36. The van der Waals surface area contributed by atoms with Gasteiger partial charge in [-0.25, -0.2) is 0 Å². The third-order valence-corrected chi connectivity index (χ3v) is 3.29. The van der Waals surface area contributed by atoms with Crippen molar-refractivity contribution in [3.8, 4) is 0 Å². The molecule has 0 saturated heterocycles. The molecule has 0 bridgehead atoms. The maximum atomic E-state index is 4.55. The Morgan fingerprint density at radius 3 is 2.53 bits per heavy atom. The van der Waals surface area contributed by atoms with Crippen LogP contribution in [0.5, 0.6) is 0 Å². The first-order chi connectivity index (χ1) is 9.06. The average molecular weight is 264 g/mol. The van der Waals surface area contributed by atoms with E-state index >= 15 is 0 Å². The fourth-order valence-corrected chi connectivity index (χ4v) is 2.29. The fraction of sp³-hybridized carbons (Fsp3) is 0.667. The number of hydrogen-bond donors (Lipinski definition) is 1. The zero-order chi connectivity index (χ0) is 14.3. The molecule has 0 aliphatic rings. The zero-order valence-electron chi connectivity index (χ0n) is 13.0. The Balaban J connectivity index is 2.59. The molecule has 0 aliphatic carbocycles. The molecule has 1 aromatic rings. The number of likely N-dealkylation sites (N-methyl/N-ethyl adjacent to an activating group) is 2. The number of hydrogen-bond acceptors (Lipinski definition) is 4. The zero-order valence-corrected chi connectivity index (χ0v) is 13.0. The maximum absolute atomic E-state index is 4.55. The van der Waals surface area contributed by atoms with E-state index in [9.17, 15) is 0 Å². The third-order valence-electron chi connectivity index (χ3n) is 3.29. The average Bonchev–Trinajstić information content (AvgIpc) is 2.37. The van der Waals surface area contributed by atoms with E-state index in [2.05, 4.69) is 60.2 Å². The van der Waals surface area contributed by atoms with Crippen LogP contribution in [0.3, 0.4) is 0 Å². The van der Waals surface area contributed by atoms with Crippen LogP contribution in [0.2, 0.25) is 0 Å². The normalized spacial score (nSPS) is 13.2. The highest BCUT2D eigenvalue weighted by atomic mass is 15.2. The number of nitrogens with one attached hydrogen (secondary N) is 1. The smallest absolute Gasteiger partial charge is 0.0544 e. The van der Waals surface area contributed by atoms with E-state index in [1.807, 2.05) is 13.2 Å². The molecule has 1 atom stereocenters. The highest BCUT2D eigenvalue weighted by Gasteiger charge is 2.13. The van der Waals surface area contributed by atoms with Crippen molar-refractivity contribution in [1.82, 2.24) is 20.1 Å². The van der Waals surface area contributed by atoms with Crippen LogP contribution in [0, 0.1) is 0 Å². The van der Waals surface area contributed by atoms with Gasteiger partial charge in [0.2, 0.25) is 0 Å². The Kier molecular flexibility index (Phi) is 6.99. The summed E-state index contributed by atoms with van der Waals surface area (Å²) in [4.78, 5) is 9.24. The first kappa shape index (κ1) is 16.1. The van der Waals surface area contributed by atoms with Gasteiger partial charge in [0.15, 0.2) is 0 Å². The van der Waals surface area contributed by atoms with E-state index in [0.29, 0.717) is 6.04 Å². The second-order valence-electron chi connectivity index (χ2n) is 5.36. The van der Waals surface area contributed by atoms with Gasteiger partial charge in [0.05, 0.1) is 5.69 Å². The molecule has 108 valence electrons. The van der Waals surface area contributed by atoms with Crippen molar-refractivity contribution in [1.29, 1.82) is 0 Å². The third kappa shape index (κ3) is 5.68. The molecule has 1 N–H and O–H groups in total. The first-order valence-corrected chi connectivity index (χ1v) is 7.04. The van der Waals surface area contributed by atoms with E-state index in [4.69, 9.17) is 0 Å². The molecule has 4 nitrogen and oxygen atoms in total. The van der Waals surface area contributed by atoms with Gasteiger partial charge in [-0.15, -0.1) is 0 Å². The van der Waals surface area contributed by atoms with Gasteiger partial charge < -0.3 is 10.2 Å². The molecule has 0 spiro atoms. The summed E-state index contributed by atoms with van der Waals surface area (Å²) in [6.07, 6.45) is 1.97. The van der Waals surface area contributed by atoms with Gasteiger partial charge in [-0.3, -0.25) is 9.88 Å². The van der Waals surface area contributed by atoms with E-state index in [0.717, 1.165) is 31.9 Å². The van der Waals surface area contributed by atoms with E-state index in [-0.39, 0.29) is 0 Å². The lowest BCUT2D eigenvalue weighted by Crippen LogP contribution is -2.39. The summed E-state index contributed by atoms with van der Waals surface area (Å²) in [5.74, 6) is 0. The quantitative estimate of drug-likeness (QED) is 0.772. The van der Waals surface area contributed by atoms with Gasteiger partial charge in [-0.1, -0.05) is 13.0 Å². The van der Waals surface area contributed by atoms with Crippen LogP contribution < -0.4 is 5.32 Å². The predicted molar refractivity (Wildman–Crippen MR) is 81.1 cm³/mol. The van der Waals surface area contributed by atoms with Crippen LogP contribution in [-0.4, -0.2) is 55.1 Å². The molecule has 4 heteroatoms. The Morgan fingerprint density at radius 2 is 2.05 bits per heavy atom. The van der Waals surface area contributed by atoms with Crippen molar-refractivity contribution in [3.05, 3.63) is 29.6 Å². The molecule has 19 heavy (non-hydrogen) atoms. The summed E-state index contributed by atoms with van der Waals surface area (Å²) in [5, 5.41) is 3.14. The highest BCUT2D eigenvalue weighted by Crippen LogP contribution is 2.08. The first-order valence-electron chi connectivity index (χ1n) is 7.04. The van der Waals surface area contributed by atoms with Crippen molar-refractivity contribution in [2.75, 3.05) is 34.2 Å². The van der Waals surface area contributed by atoms with E-state index < -0.39 is 0 Å². The molecule has 1 rings (SSSR count). The number of pyridine rings is 1. The van der Waals surface area contributed by atoms with Gasteiger partial charge >= 0.3 is 0 Å². The standard InChI is InChI=1S/C15H28N4/c1-6-19(13(2)11-18(4)5)12-15-8-7-14(9-16-3)10-17-15/h7-8,10,13,16H,6,9,11-12H2,1-5H3. The largest absolute Gasteiger partial charge is 0.316 e. The summed E-state index contributed by atoms with van der Waals surface area (Å²) >= 11 is 0. The molecular weight excluding hydrogens is 236 g/mol. The van der Waals surface area contributed by atoms with Crippen LogP contribution in [0.1, 0.15) is 25.1 Å². The summed E-state index contributed by atoms with van der Waals surface area (Å²) in [6.45, 7) is 8.41. The van der Waals surface area contributed by atoms with Gasteiger partial charge in [0, 0.05) is 31.9 Å².